The number of thiazole rings is 1. The highest BCUT2D eigenvalue weighted by atomic mass is 35.5. The Hall–Kier alpha value is -0.320. The smallest absolute Gasteiger partial charge is 0.274 e. The second-order valence-electron chi connectivity index (χ2n) is 4.50. The molecule has 0 saturated heterocycles. The molecule has 1 heterocycles. The van der Waals surface area contributed by atoms with E-state index in [4.69, 9.17) is 22.1 Å². The highest BCUT2D eigenvalue weighted by molar-refractivity contribution is 7.11. The average molecular weight is 261 g/mol. The number of hydrogen-bond acceptors (Lipinski definition) is 4. The normalized spacial score (nSPS) is 20.4. The second kappa shape index (κ2) is 5.34. The number of hydrogen-bond donors (Lipinski definition) is 1. The van der Waals surface area contributed by atoms with Crippen molar-refractivity contribution in [3.05, 3.63) is 10.5 Å². The zero-order chi connectivity index (χ0) is 11.4. The van der Waals surface area contributed by atoms with Crippen LogP contribution in [0.2, 0.25) is 5.15 Å². The van der Waals surface area contributed by atoms with Gasteiger partial charge in [0.1, 0.15) is 11.8 Å². The van der Waals surface area contributed by atoms with Crippen LogP contribution in [0.15, 0.2) is 5.38 Å². The van der Waals surface area contributed by atoms with E-state index in [0.29, 0.717) is 17.0 Å². The zero-order valence-corrected chi connectivity index (χ0v) is 10.8. The summed E-state index contributed by atoms with van der Waals surface area (Å²) in [4.78, 5) is 4.06. The molecule has 16 heavy (non-hydrogen) atoms. The Morgan fingerprint density at radius 3 is 2.62 bits per heavy atom. The van der Waals surface area contributed by atoms with E-state index in [1.807, 2.05) is 0 Å². The molecule has 3 nitrogen and oxygen atoms in total. The summed E-state index contributed by atoms with van der Waals surface area (Å²) >= 11 is 7.15. The minimum atomic E-state index is -0.172. The first-order valence-corrected chi connectivity index (χ1v) is 6.96. The number of aromatic nitrogens is 1. The summed E-state index contributed by atoms with van der Waals surface area (Å²) in [5.74, 6) is 0. The van der Waals surface area contributed by atoms with Crippen molar-refractivity contribution in [2.45, 2.75) is 44.1 Å². The summed E-state index contributed by atoms with van der Waals surface area (Å²) in [6.07, 6.45) is 7.10. The second-order valence-corrected chi connectivity index (χ2v) is 5.71. The van der Waals surface area contributed by atoms with Crippen molar-refractivity contribution in [3.63, 3.8) is 0 Å². The first-order valence-electron chi connectivity index (χ1n) is 5.71. The van der Waals surface area contributed by atoms with E-state index in [1.165, 1.54) is 37.0 Å². The van der Waals surface area contributed by atoms with E-state index in [0.717, 1.165) is 12.8 Å². The SMILES string of the molecule is NC1(COc2nc(Cl)cs2)CCCCCC1. The molecule has 1 aromatic rings. The van der Waals surface area contributed by atoms with E-state index in [2.05, 4.69) is 4.98 Å². The highest BCUT2D eigenvalue weighted by Crippen LogP contribution is 2.27. The summed E-state index contributed by atoms with van der Waals surface area (Å²) in [5.41, 5.74) is 6.16. The lowest BCUT2D eigenvalue weighted by Crippen LogP contribution is -2.45. The third-order valence-electron chi connectivity index (χ3n) is 3.04. The van der Waals surface area contributed by atoms with E-state index in [1.54, 1.807) is 5.38 Å². The van der Waals surface area contributed by atoms with Crippen molar-refractivity contribution in [2.24, 2.45) is 5.73 Å². The quantitative estimate of drug-likeness (QED) is 0.849. The van der Waals surface area contributed by atoms with Crippen molar-refractivity contribution in [1.29, 1.82) is 0 Å². The summed E-state index contributed by atoms with van der Waals surface area (Å²) in [5, 5.41) is 2.89. The maximum atomic E-state index is 6.33. The summed E-state index contributed by atoms with van der Waals surface area (Å²) < 4.78 is 5.62. The first kappa shape index (κ1) is 12.1. The average Bonchev–Trinajstić information content (AvgIpc) is 2.54. The fraction of sp³-hybridized carbons (Fsp3) is 0.727. The molecule has 0 bridgehead atoms. The minimum absolute atomic E-state index is 0.172. The van der Waals surface area contributed by atoms with Gasteiger partial charge in [-0.05, 0) is 12.8 Å². The van der Waals surface area contributed by atoms with Gasteiger partial charge in [-0.25, -0.2) is 0 Å². The van der Waals surface area contributed by atoms with Crippen LogP contribution in [0.25, 0.3) is 0 Å². The third-order valence-corrected chi connectivity index (χ3v) is 4.11. The van der Waals surface area contributed by atoms with Crippen LogP contribution < -0.4 is 10.5 Å². The van der Waals surface area contributed by atoms with Gasteiger partial charge in [0.15, 0.2) is 0 Å². The predicted molar refractivity (Wildman–Crippen MR) is 67.2 cm³/mol. The molecule has 1 saturated carbocycles. The fourth-order valence-electron chi connectivity index (χ4n) is 2.09. The van der Waals surface area contributed by atoms with Crippen molar-refractivity contribution in [3.8, 4) is 5.19 Å². The molecule has 0 aromatic carbocycles. The largest absolute Gasteiger partial charge is 0.468 e. The van der Waals surface area contributed by atoms with Crippen LogP contribution in [-0.2, 0) is 0 Å². The summed E-state index contributed by atoms with van der Waals surface area (Å²) in [7, 11) is 0. The van der Waals surface area contributed by atoms with Gasteiger partial charge in [0.25, 0.3) is 5.19 Å². The molecule has 0 radical (unpaired) electrons. The van der Waals surface area contributed by atoms with Gasteiger partial charge in [0.05, 0.1) is 5.54 Å². The van der Waals surface area contributed by atoms with E-state index in [9.17, 15) is 0 Å². The Bertz CT molecular complexity index is 334. The molecular weight excluding hydrogens is 244 g/mol. The number of nitrogens with zero attached hydrogens (tertiary/aromatic N) is 1. The lowest BCUT2D eigenvalue weighted by Gasteiger charge is -2.27. The first-order chi connectivity index (χ1) is 7.68. The van der Waals surface area contributed by atoms with Gasteiger partial charge in [-0.3, -0.25) is 0 Å². The maximum absolute atomic E-state index is 6.33. The van der Waals surface area contributed by atoms with Gasteiger partial charge in [0, 0.05) is 5.38 Å². The Kier molecular flexibility index (Phi) is 4.05. The van der Waals surface area contributed by atoms with E-state index in [-0.39, 0.29) is 5.54 Å². The standard InChI is InChI=1S/C11H17ClN2OS/c12-9-7-16-10(14-9)15-8-11(13)5-3-1-2-4-6-11/h7H,1-6,8,13H2. The predicted octanol–water partition coefficient (Wildman–Crippen LogP) is 3.23. The van der Waals surface area contributed by atoms with Crippen LogP contribution in [0, 0.1) is 0 Å². The molecule has 0 spiro atoms. The monoisotopic (exact) mass is 260 g/mol. The number of halogens is 1. The van der Waals surface area contributed by atoms with Crippen LogP contribution >= 0.6 is 22.9 Å². The van der Waals surface area contributed by atoms with Crippen LogP contribution in [0.3, 0.4) is 0 Å². The molecule has 2 rings (SSSR count). The molecule has 0 unspecified atom stereocenters. The van der Waals surface area contributed by atoms with Gasteiger partial charge in [-0.2, -0.15) is 4.98 Å². The molecule has 1 aliphatic rings. The molecule has 2 N–H and O–H groups in total. The Morgan fingerprint density at radius 1 is 1.38 bits per heavy atom. The molecule has 0 amide bonds. The molecule has 5 heteroatoms. The molecular formula is C11H17ClN2OS. The number of rotatable bonds is 3. The molecule has 1 fully saturated rings. The third kappa shape index (κ3) is 3.34. The Morgan fingerprint density at radius 2 is 2.06 bits per heavy atom. The van der Waals surface area contributed by atoms with E-state index >= 15 is 0 Å². The van der Waals surface area contributed by atoms with Gasteiger partial charge in [-0.15, -0.1) is 0 Å². The van der Waals surface area contributed by atoms with Crippen LogP contribution in [-0.4, -0.2) is 17.1 Å². The fourth-order valence-corrected chi connectivity index (χ4v) is 2.88. The summed E-state index contributed by atoms with van der Waals surface area (Å²) in [6, 6.07) is 0. The highest BCUT2D eigenvalue weighted by Gasteiger charge is 2.27. The summed E-state index contributed by atoms with van der Waals surface area (Å²) in [6.45, 7) is 0.552. The van der Waals surface area contributed by atoms with Gasteiger partial charge in [-0.1, -0.05) is 48.6 Å². The van der Waals surface area contributed by atoms with Gasteiger partial charge >= 0.3 is 0 Å². The minimum Gasteiger partial charge on any atom is -0.468 e. The number of ether oxygens (including phenoxy) is 1. The van der Waals surface area contributed by atoms with Crippen LogP contribution in [0.4, 0.5) is 0 Å². The molecule has 1 aromatic heterocycles. The van der Waals surface area contributed by atoms with Crippen molar-refractivity contribution >= 4 is 22.9 Å². The molecule has 0 atom stereocenters. The van der Waals surface area contributed by atoms with Crippen LogP contribution in [0.5, 0.6) is 5.19 Å². The lowest BCUT2D eigenvalue weighted by atomic mass is 9.93. The number of nitrogens with two attached hydrogens (primary N) is 1. The Balaban J connectivity index is 1.87. The van der Waals surface area contributed by atoms with Crippen molar-refractivity contribution in [2.75, 3.05) is 6.61 Å². The topological polar surface area (TPSA) is 48.1 Å². The Labute approximate surface area is 105 Å². The maximum Gasteiger partial charge on any atom is 0.274 e. The molecule has 90 valence electrons. The van der Waals surface area contributed by atoms with Gasteiger partial charge in [0.2, 0.25) is 0 Å². The lowest BCUT2D eigenvalue weighted by molar-refractivity contribution is 0.199. The van der Waals surface area contributed by atoms with Crippen molar-refractivity contribution in [1.82, 2.24) is 4.98 Å². The van der Waals surface area contributed by atoms with Gasteiger partial charge < -0.3 is 10.5 Å². The molecule has 1 aliphatic carbocycles. The van der Waals surface area contributed by atoms with Crippen LogP contribution in [0.1, 0.15) is 38.5 Å². The van der Waals surface area contributed by atoms with Crippen molar-refractivity contribution < 1.29 is 4.74 Å². The zero-order valence-electron chi connectivity index (χ0n) is 9.25. The van der Waals surface area contributed by atoms with E-state index < -0.39 is 0 Å². The molecule has 0 aliphatic heterocycles.